The minimum absolute atomic E-state index is 0.0541. The zero-order valence-corrected chi connectivity index (χ0v) is 8.99. The molecule has 0 fully saturated rings. The molecule has 0 saturated heterocycles. The summed E-state index contributed by atoms with van der Waals surface area (Å²) in [6.07, 6.45) is 1.31. The number of hydrogen-bond donors (Lipinski definition) is 0. The fraction of sp³-hybridized carbons (Fsp3) is 0.167. The Labute approximate surface area is 93.0 Å². The van der Waals surface area contributed by atoms with Gasteiger partial charge in [0.1, 0.15) is 6.33 Å². The molecule has 9 heteroatoms. The molecule has 78 valence electrons. The largest absolute Gasteiger partial charge is 0.463 e. The summed E-state index contributed by atoms with van der Waals surface area (Å²) in [5.74, 6) is -0.334. The van der Waals surface area contributed by atoms with Crippen LogP contribution in [0, 0.1) is 0 Å². The van der Waals surface area contributed by atoms with Crippen molar-refractivity contribution in [3.8, 4) is 5.82 Å². The molecule has 0 aliphatic rings. The first kappa shape index (κ1) is 9.99. The predicted octanol–water partition coefficient (Wildman–Crippen LogP) is 0.559. The van der Waals surface area contributed by atoms with Crippen LogP contribution < -0.4 is 0 Å². The summed E-state index contributed by atoms with van der Waals surface area (Å²) in [4.78, 5) is 14.8. The van der Waals surface area contributed by atoms with Crippen LogP contribution in [0.1, 0.15) is 10.6 Å². The summed E-state index contributed by atoms with van der Waals surface area (Å²) in [5, 5.41) is 4.04. The first-order chi connectivity index (χ1) is 7.22. The molecule has 0 atom stereocenters. The van der Waals surface area contributed by atoms with Crippen LogP contribution in [-0.4, -0.2) is 36.6 Å². The second kappa shape index (κ2) is 3.91. The van der Waals surface area contributed by atoms with E-state index < -0.39 is 5.97 Å². The molecule has 0 aromatic carbocycles. The second-order valence-corrected chi connectivity index (χ2v) is 3.27. The van der Waals surface area contributed by atoms with E-state index in [1.54, 1.807) is 0 Å². The summed E-state index contributed by atoms with van der Waals surface area (Å²) in [7, 11) is 1.25. The maximum Gasteiger partial charge on any atom is 0.377 e. The van der Waals surface area contributed by atoms with Crippen LogP contribution in [0.4, 0.5) is 0 Å². The van der Waals surface area contributed by atoms with Crippen molar-refractivity contribution in [3.63, 3.8) is 0 Å². The number of hydrogen-bond acceptors (Lipinski definition) is 7. The molecule has 0 aliphatic carbocycles. The number of halogens is 1. The lowest BCUT2D eigenvalue weighted by atomic mass is 10.6. The van der Waals surface area contributed by atoms with Crippen molar-refractivity contribution in [2.45, 2.75) is 0 Å². The lowest BCUT2D eigenvalue weighted by Gasteiger charge is -1.92. The molecule has 0 bridgehead atoms. The van der Waals surface area contributed by atoms with Crippen molar-refractivity contribution in [3.05, 3.63) is 17.3 Å². The standard InChI is InChI=1S/C6H4ClN5O2S/c1-14-6(13)4-8-2-12(9-4)5-3(7)10-15-11-5/h2H,1H3. The van der Waals surface area contributed by atoms with Gasteiger partial charge < -0.3 is 4.74 Å². The highest BCUT2D eigenvalue weighted by atomic mass is 35.5. The fourth-order valence-corrected chi connectivity index (χ4v) is 1.57. The number of carbonyl (C=O) groups excluding carboxylic acids is 1. The van der Waals surface area contributed by atoms with E-state index in [1.807, 2.05) is 0 Å². The van der Waals surface area contributed by atoms with Crippen molar-refractivity contribution in [1.29, 1.82) is 0 Å². The van der Waals surface area contributed by atoms with Gasteiger partial charge in [-0.15, -0.1) is 5.10 Å². The van der Waals surface area contributed by atoms with E-state index in [4.69, 9.17) is 11.6 Å². The van der Waals surface area contributed by atoms with Crippen LogP contribution in [0.2, 0.25) is 5.15 Å². The number of esters is 1. The molecule has 0 saturated carbocycles. The third kappa shape index (κ3) is 1.81. The summed E-state index contributed by atoms with van der Waals surface area (Å²) in [5.41, 5.74) is 0. The van der Waals surface area contributed by atoms with Crippen LogP contribution in [0.15, 0.2) is 6.33 Å². The molecule has 2 aromatic rings. The third-order valence-corrected chi connectivity index (χ3v) is 2.38. The van der Waals surface area contributed by atoms with E-state index in [-0.39, 0.29) is 11.0 Å². The van der Waals surface area contributed by atoms with Gasteiger partial charge in [-0.2, -0.15) is 13.4 Å². The van der Waals surface area contributed by atoms with Gasteiger partial charge in [0.05, 0.1) is 18.8 Å². The summed E-state index contributed by atoms with van der Waals surface area (Å²) < 4.78 is 13.4. The third-order valence-electron chi connectivity index (χ3n) is 1.51. The van der Waals surface area contributed by atoms with E-state index in [9.17, 15) is 4.79 Å². The minimum atomic E-state index is -0.618. The molecule has 15 heavy (non-hydrogen) atoms. The molecule has 0 amide bonds. The molecule has 2 rings (SSSR count). The lowest BCUT2D eigenvalue weighted by Crippen LogP contribution is -2.05. The highest BCUT2D eigenvalue weighted by molar-refractivity contribution is 6.99. The first-order valence-electron chi connectivity index (χ1n) is 3.71. The zero-order chi connectivity index (χ0) is 10.8. The van der Waals surface area contributed by atoms with Crippen LogP contribution in [0.25, 0.3) is 5.82 Å². The van der Waals surface area contributed by atoms with E-state index in [2.05, 4.69) is 23.6 Å². The van der Waals surface area contributed by atoms with Crippen molar-refractivity contribution in [1.82, 2.24) is 23.5 Å². The lowest BCUT2D eigenvalue weighted by molar-refractivity contribution is 0.0587. The maximum absolute atomic E-state index is 11.1. The number of rotatable bonds is 2. The minimum Gasteiger partial charge on any atom is -0.463 e. The Morgan fingerprint density at radius 3 is 3.00 bits per heavy atom. The van der Waals surface area contributed by atoms with Gasteiger partial charge in [-0.25, -0.2) is 9.78 Å². The monoisotopic (exact) mass is 245 g/mol. The van der Waals surface area contributed by atoms with Crippen LogP contribution in [-0.2, 0) is 4.74 Å². The van der Waals surface area contributed by atoms with Crippen LogP contribution >= 0.6 is 23.3 Å². The fourth-order valence-electron chi connectivity index (χ4n) is 0.860. The normalized spacial score (nSPS) is 10.3. The van der Waals surface area contributed by atoms with Crippen LogP contribution in [0.3, 0.4) is 0 Å². The van der Waals surface area contributed by atoms with Gasteiger partial charge in [-0.1, -0.05) is 11.6 Å². The van der Waals surface area contributed by atoms with Gasteiger partial charge in [0.2, 0.25) is 5.82 Å². The maximum atomic E-state index is 11.1. The summed E-state index contributed by atoms with van der Waals surface area (Å²) in [6, 6.07) is 0. The Bertz CT molecular complexity index is 495. The molecule has 2 heterocycles. The average molecular weight is 246 g/mol. The summed E-state index contributed by atoms with van der Waals surface area (Å²) in [6.45, 7) is 0. The Morgan fingerprint density at radius 1 is 1.60 bits per heavy atom. The number of ether oxygens (including phenoxy) is 1. The Kier molecular flexibility index (Phi) is 2.60. The van der Waals surface area contributed by atoms with Crippen LogP contribution in [0.5, 0.6) is 0 Å². The molecular formula is C6H4ClN5O2S. The van der Waals surface area contributed by atoms with Gasteiger partial charge in [0.25, 0.3) is 5.82 Å². The second-order valence-electron chi connectivity index (χ2n) is 2.38. The van der Waals surface area contributed by atoms with E-state index >= 15 is 0 Å². The average Bonchev–Trinajstić information content (AvgIpc) is 2.84. The Morgan fingerprint density at radius 2 is 2.40 bits per heavy atom. The molecule has 0 aliphatic heterocycles. The molecule has 0 spiro atoms. The van der Waals surface area contributed by atoms with Gasteiger partial charge >= 0.3 is 5.97 Å². The molecule has 0 unspecified atom stereocenters. The molecular weight excluding hydrogens is 242 g/mol. The van der Waals surface area contributed by atoms with E-state index in [0.717, 1.165) is 11.7 Å². The highest BCUT2D eigenvalue weighted by Gasteiger charge is 2.15. The first-order valence-corrected chi connectivity index (χ1v) is 4.81. The van der Waals surface area contributed by atoms with Gasteiger partial charge in [-0.3, -0.25) is 0 Å². The van der Waals surface area contributed by atoms with Gasteiger partial charge in [0, 0.05) is 0 Å². The van der Waals surface area contributed by atoms with Crippen molar-refractivity contribution in [2.24, 2.45) is 0 Å². The smallest absolute Gasteiger partial charge is 0.377 e. The topological polar surface area (TPSA) is 82.8 Å². The molecule has 2 aromatic heterocycles. The number of methoxy groups -OCH3 is 1. The van der Waals surface area contributed by atoms with E-state index in [1.165, 1.54) is 18.1 Å². The predicted molar refractivity (Wildman–Crippen MR) is 51.2 cm³/mol. The molecule has 7 nitrogen and oxygen atoms in total. The van der Waals surface area contributed by atoms with Crippen molar-refractivity contribution >= 4 is 29.3 Å². The zero-order valence-electron chi connectivity index (χ0n) is 7.42. The highest BCUT2D eigenvalue weighted by Crippen LogP contribution is 2.15. The number of carbonyl (C=O) groups is 1. The summed E-state index contributed by atoms with van der Waals surface area (Å²) >= 11 is 6.68. The quantitative estimate of drug-likeness (QED) is 0.719. The van der Waals surface area contributed by atoms with Crippen molar-refractivity contribution in [2.75, 3.05) is 7.11 Å². The van der Waals surface area contributed by atoms with Gasteiger partial charge in [0.15, 0.2) is 5.15 Å². The SMILES string of the molecule is COC(=O)c1ncn(-c2nsnc2Cl)n1. The molecule has 0 radical (unpaired) electrons. The van der Waals surface area contributed by atoms with Crippen molar-refractivity contribution < 1.29 is 9.53 Å². The molecule has 0 N–H and O–H groups in total. The number of aromatic nitrogens is 5. The Balaban J connectivity index is 2.36. The Hall–Kier alpha value is -1.54. The van der Waals surface area contributed by atoms with E-state index in [0.29, 0.717) is 5.82 Å². The number of nitrogens with zero attached hydrogens (tertiary/aromatic N) is 5. The van der Waals surface area contributed by atoms with Gasteiger partial charge in [-0.05, 0) is 0 Å².